The molecule has 0 aliphatic rings. The van der Waals surface area contributed by atoms with E-state index in [1.807, 2.05) is 35.0 Å². The minimum Gasteiger partial charge on any atom is -0.496 e. The van der Waals surface area contributed by atoms with Crippen LogP contribution in [0.25, 0.3) is 5.65 Å². The van der Waals surface area contributed by atoms with E-state index in [0.29, 0.717) is 6.54 Å². The summed E-state index contributed by atoms with van der Waals surface area (Å²) in [5.74, 6) is 0.811. The van der Waals surface area contributed by atoms with Gasteiger partial charge >= 0.3 is 0 Å². The molecule has 0 spiro atoms. The minimum absolute atomic E-state index is 0.663. The van der Waals surface area contributed by atoms with Crippen LogP contribution in [0.1, 0.15) is 5.69 Å². The van der Waals surface area contributed by atoms with Gasteiger partial charge in [-0.1, -0.05) is 0 Å². The van der Waals surface area contributed by atoms with E-state index in [4.69, 9.17) is 4.74 Å². The topological polar surface area (TPSA) is 51.5 Å². The molecular formula is C14H12Br2N4O. The quantitative estimate of drug-likeness (QED) is 0.707. The summed E-state index contributed by atoms with van der Waals surface area (Å²) in [6.07, 6.45) is 5.48. The summed E-state index contributed by atoms with van der Waals surface area (Å²) in [5.41, 5.74) is 2.89. The third-order valence-electron chi connectivity index (χ3n) is 3.07. The zero-order valence-electron chi connectivity index (χ0n) is 11.2. The molecule has 0 aliphatic carbocycles. The van der Waals surface area contributed by atoms with E-state index in [-0.39, 0.29) is 0 Å². The van der Waals surface area contributed by atoms with Gasteiger partial charge in [0.15, 0.2) is 5.65 Å². The SMILES string of the molecule is COc1ccc(NCc2cnc3cnc(Br)cn23)cc1Br. The Hall–Kier alpha value is -1.60. The lowest BCUT2D eigenvalue weighted by molar-refractivity contribution is 0.412. The van der Waals surface area contributed by atoms with Gasteiger partial charge in [0.1, 0.15) is 10.4 Å². The first kappa shape index (κ1) is 14.3. The molecule has 0 amide bonds. The lowest BCUT2D eigenvalue weighted by Gasteiger charge is -2.09. The van der Waals surface area contributed by atoms with Crippen molar-refractivity contribution in [3.63, 3.8) is 0 Å². The summed E-state index contributed by atoms with van der Waals surface area (Å²) >= 11 is 6.85. The summed E-state index contributed by atoms with van der Waals surface area (Å²) < 4.78 is 8.92. The van der Waals surface area contributed by atoms with Gasteiger partial charge in [-0.05, 0) is 50.1 Å². The van der Waals surface area contributed by atoms with Crippen molar-refractivity contribution < 1.29 is 4.74 Å². The molecule has 108 valence electrons. The zero-order chi connectivity index (χ0) is 14.8. The number of nitrogens with one attached hydrogen (secondary N) is 1. The normalized spacial score (nSPS) is 10.8. The smallest absolute Gasteiger partial charge is 0.155 e. The number of rotatable bonds is 4. The summed E-state index contributed by atoms with van der Waals surface area (Å²) in [6.45, 7) is 0.663. The third kappa shape index (κ3) is 3.03. The van der Waals surface area contributed by atoms with Crippen molar-refractivity contribution in [2.24, 2.45) is 0 Å². The van der Waals surface area contributed by atoms with Gasteiger partial charge < -0.3 is 10.1 Å². The van der Waals surface area contributed by atoms with Crippen LogP contribution in [0.15, 0.2) is 45.9 Å². The second-order valence-corrected chi connectivity index (χ2v) is 6.06. The maximum atomic E-state index is 5.22. The van der Waals surface area contributed by atoms with Gasteiger partial charge in [-0.3, -0.25) is 4.40 Å². The van der Waals surface area contributed by atoms with Gasteiger partial charge in [0.05, 0.1) is 36.2 Å². The number of anilines is 1. The highest BCUT2D eigenvalue weighted by molar-refractivity contribution is 9.10. The van der Waals surface area contributed by atoms with Gasteiger partial charge in [-0.15, -0.1) is 0 Å². The molecule has 7 heteroatoms. The first-order valence-electron chi connectivity index (χ1n) is 6.22. The molecule has 0 radical (unpaired) electrons. The average molecular weight is 412 g/mol. The van der Waals surface area contributed by atoms with Crippen LogP contribution in [0.4, 0.5) is 5.69 Å². The molecule has 0 fully saturated rings. The highest BCUT2D eigenvalue weighted by atomic mass is 79.9. The summed E-state index contributed by atoms with van der Waals surface area (Å²) in [4.78, 5) is 8.49. The number of hydrogen-bond acceptors (Lipinski definition) is 4. The van der Waals surface area contributed by atoms with Crippen LogP contribution in [0.3, 0.4) is 0 Å². The van der Waals surface area contributed by atoms with Crippen molar-refractivity contribution in [3.05, 3.63) is 51.6 Å². The number of imidazole rings is 1. The Morgan fingerprint density at radius 1 is 1.24 bits per heavy atom. The number of hydrogen-bond donors (Lipinski definition) is 1. The number of ether oxygens (including phenoxy) is 1. The lowest BCUT2D eigenvalue weighted by atomic mass is 10.3. The zero-order valence-corrected chi connectivity index (χ0v) is 14.3. The number of halogens is 2. The van der Waals surface area contributed by atoms with Crippen molar-refractivity contribution in [2.75, 3.05) is 12.4 Å². The number of methoxy groups -OCH3 is 1. The Balaban J connectivity index is 1.80. The van der Waals surface area contributed by atoms with E-state index in [2.05, 4.69) is 47.1 Å². The van der Waals surface area contributed by atoms with Crippen LogP contribution in [0, 0.1) is 0 Å². The second kappa shape index (κ2) is 6.03. The number of fused-ring (bicyclic) bond motifs is 1. The van der Waals surface area contributed by atoms with Crippen molar-refractivity contribution >= 4 is 43.2 Å². The fourth-order valence-corrected chi connectivity index (χ4v) is 2.86. The molecule has 0 atom stereocenters. The van der Waals surface area contributed by atoms with E-state index < -0.39 is 0 Å². The molecule has 21 heavy (non-hydrogen) atoms. The molecular weight excluding hydrogens is 400 g/mol. The molecule has 2 heterocycles. The first-order chi connectivity index (χ1) is 10.2. The van der Waals surface area contributed by atoms with Crippen LogP contribution >= 0.6 is 31.9 Å². The van der Waals surface area contributed by atoms with E-state index >= 15 is 0 Å². The monoisotopic (exact) mass is 410 g/mol. The van der Waals surface area contributed by atoms with Gasteiger partial charge in [0, 0.05) is 11.9 Å². The molecule has 0 bridgehead atoms. The standard InChI is InChI=1S/C14H12Br2N4O/c1-21-12-3-2-9(4-11(12)15)17-5-10-6-19-14-7-18-13(16)8-20(10)14/h2-4,6-8,17H,5H2,1H3. The largest absolute Gasteiger partial charge is 0.496 e. The Kier molecular flexibility index (Phi) is 4.12. The van der Waals surface area contributed by atoms with Gasteiger partial charge in [-0.2, -0.15) is 0 Å². The number of aromatic nitrogens is 3. The minimum atomic E-state index is 0.663. The molecule has 5 nitrogen and oxygen atoms in total. The van der Waals surface area contributed by atoms with E-state index in [9.17, 15) is 0 Å². The van der Waals surface area contributed by atoms with Crippen LogP contribution in [-0.2, 0) is 6.54 Å². The van der Waals surface area contributed by atoms with Gasteiger partial charge in [-0.25, -0.2) is 9.97 Å². The summed E-state index contributed by atoms with van der Waals surface area (Å²) in [6, 6.07) is 5.88. The van der Waals surface area contributed by atoms with E-state index in [0.717, 1.165) is 31.9 Å². The molecule has 1 N–H and O–H groups in total. The number of nitrogens with zero attached hydrogens (tertiary/aromatic N) is 3. The van der Waals surface area contributed by atoms with E-state index in [1.54, 1.807) is 13.3 Å². The van der Waals surface area contributed by atoms with Crippen molar-refractivity contribution in [1.82, 2.24) is 14.4 Å². The first-order valence-corrected chi connectivity index (χ1v) is 7.81. The Morgan fingerprint density at radius 2 is 2.10 bits per heavy atom. The molecule has 3 aromatic rings. The van der Waals surface area contributed by atoms with Gasteiger partial charge in [0.2, 0.25) is 0 Å². The fraction of sp³-hybridized carbons (Fsp3) is 0.143. The van der Waals surface area contributed by atoms with Crippen molar-refractivity contribution in [3.8, 4) is 5.75 Å². The highest BCUT2D eigenvalue weighted by Gasteiger charge is 2.05. The lowest BCUT2D eigenvalue weighted by Crippen LogP contribution is -2.03. The van der Waals surface area contributed by atoms with Crippen LogP contribution < -0.4 is 10.1 Å². The fourth-order valence-electron chi connectivity index (χ4n) is 2.02. The Labute approximate surface area is 138 Å². The number of benzene rings is 1. The molecule has 0 unspecified atom stereocenters. The predicted octanol–water partition coefficient (Wildman–Crippen LogP) is 3.88. The van der Waals surface area contributed by atoms with Crippen LogP contribution in [-0.4, -0.2) is 21.5 Å². The van der Waals surface area contributed by atoms with Crippen LogP contribution in [0.5, 0.6) is 5.75 Å². The molecule has 0 saturated heterocycles. The Bertz CT molecular complexity index is 788. The highest BCUT2D eigenvalue weighted by Crippen LogP contribution is 2.27. The summed E-state index contributed by atoms with van der Waals surface area (Å²) in [7, 11) is 1.65. The molecule has 2 aromatic heterocycles. The van der Waals surface area contributed by atoms with Gasteiger partial charge in [0.25, 0.3) is 0 Å². The molecule has 3 rings (SSSR count). The van der Waals surface area contributed by atoms with Crippen molar-refractivity contribution in [1.29, 1.82) is 0 Å². The maximum absolute atomic E-state index is 5.22. The van der Waals surface area contributed by atoms with Crippen LogP contribution in [0.2, 0.25) is 0 Å². The Morgan fingerprint density at radius 3 is 2.86 bits per heavy atom. The molecule has 1 aromatic carbocycles. The maximum Gasteiger partial charge on any atom is 0.155 e. The second-order valence-electron chi connectivity index (χ2n) is 4.39. The predicted molar refractivity (Wildman–Crippen MR) is 88.7 cm³/mol. The molecule has 0 aliphatic heterocycles. The van der Waals surface area contributed by atoms with Crippen molar-refractivity contribution in [2.45, 2.75) is 6.54 Å². The average Bonchev–Trinajstić information content (AvgIpc) is 2.87. The molecule has 0 saturated carbocycles. The van der Waals surface area contributed by atoms with E-state index in [1.165, 1.54) is 0 Å². The third-order valence-corrected chi connectivity index (χ3v) is 4.10. The summed E-state index contributed by atoms with van der Waals surface area (Å²) in [5, 5.41) is 3.37.